The van der Waals surface area contributed by atoms with E-state index < -0.39 is 0 Å². The van der Waals surface area contributed by atoms with Crippen molar-refractivity contribution in [2.24, 2.45) is 5.16 Å². The molecule has 0 N–H and O–H groups in total. The van der Waals surface area contributed by atoms with E-state index in [-0.39, 0.29) is 12.9 Å². The summed E-state index contributed by atoms with van der Waals surface area (Å²) in [6.07, 6.45) is 4.83. The molecule has 6 nitrogen and oxygen atoms in total. The SMILES string of the molecule is O=Cc1ccnc(/C(COc2ccc(-c3ccccc3)cc2)=N/OC2CCCCO2)c1. The van der Waals surface area contributed by atoms with E-state index in [1.54, 1.807) is 18.3 Å². The summed E-state index contributed by atoms with van der Waals surface area (Å²) in [7, 11) is 0. The highest BCUT2D eigenvalue weighted by molar-refractivity contribution is 6.00. The van der Waals surface area contributed by atoms with Crippen LogP contribution in [0.5, 0.6) is 5.75 Å². The Morgan fingerprint density at radius 2 is 1.87 bits per heavy atom. The first kappa shape index (κ1) is 20.8. The molecule has 2 aromatic carbocycles. The molecule has 158 valence electrons. The molecule has 0 amide bonds. The van der Waals surface area contributed by atoms with Gasteiger partial charge in [0.25, 0.3) is 0 Å². The fraction of sp³-hybridized carbons (Fsp3) is 0.240. The van der Waals surface area contributed by atoms with Crippen molar-refractivity contribution >= 4 is 12.0 Å². The molecule has 1 aromatic heterocycles. The number of nitrogens with zero attached hydrogens (tertiary/aromatic N) is 2. The molecule has 1 aliphatic rings. The Balaban J connectivity index is 1.48. The highest BCUT2D eigenvalue weighted by Crippen LogP contribution is 2.22. The van der Waals surface area contributed by atoms with Crippen LogP contribution in [0.15, 0.2) is 78.1 Å². The molecule has 1 saturated heterocycles. The van der Waals surface area contributed by atoms with Gasteiger partial charge in [0, 0.05) is 18.2 Å². The zero-order valence-corrected chi connectivity index (χ0v) is 17.1. The minimum Gasteiger partial charge on any atom is -0.487 e. The molecule has 1 atom stereocenters. The number of ether oxygens (including phenoxy) is 2. The molecule has 1 fully saturated rings. The molecule has 0 saturated carbocycles. The number of aldehydes is 1. The topological polar surface area (TPSA) is 70.0 Å². The first-order valence-corrected chi connectivity index (χ1v) is 10.4. The van der Waals surface area contributed by atoms with Crippen LogP contribution >= 0.6 is 0 Å². The second-order valence-corrected chi connectivity index (χ2v) is 7.21. The van der Waals surface area contributed by atoms with Gasteiger partial charge in [-0.25, -0.2) is 0 Å². The van der Waals surface area contributed by atoms with Gasteiger partial charge >= 0.3 is 0 Å². The predicted octanol–water partition coefficient (Wildman–Crippen LogP) is 4.89. The molecule has 0 bridgehead atoms. The van der Waals surface area contributed by atoms with Gasteiger partial charge in [0.1, 0.15) is 24.4 Å². The summed E-state index contributed by atoms with van der Waals surface area (Å²) in [6.45, 7) is 0.811. The molecule has 1 unspecified atom stereocenters. The maximum atomic E-state index is 11.2. The monoisotopic (exact) mass is 416 g/mol. The number of carbonyl (C=O) groups excluding carboxylic acids is 1. The average molecular weight is 416 g/mol. The summed E-state index contributed by atoms with van der Waals surface area (Å²) >= 11 is 0. The molecule has 0 aliphatic carbocycles. The summed E-state index contributed by atoms with van der Waals surface area (Å²) in [6, 6.07) is 21.3. The minimum absolute atomic E-state index is 0.146. The highest BCUT2D eigenvalue weighted by atomic mass is 16.8. The van der Waals surface area contributed by atoms with Crippen LogP contribution in [-0.2, 0) is 9.57 Å². The average Bonchev–Trinajstić information content (AvgIpc) is 2.85. The third kappa shape index (κ3) is 5.77. The van der Waals surface area contributed by atoms with Crippen molar-refractivity contribution in [2.45, 2.75) is 25.6 Å². The van der Waals surface area contributed by atoms with Gasteiger partial charge in [-0.1, -0.05) is 47.6 Å². The maximum Gasteiger partial charge on any atom is 0.226 e. The van der Waals surface area contributed by atoms with Crippen molar-refractivity contribution in [3.63, 3.8) is 0 Å². The third-order valence-corrected chi connectivity index (χ3v) is 4.97. The van der Waals surface area contributed by atoms with Crippen molar-refractivity contribution in [1.29, 1.82) is 0 Å². The smallest absolute Gasteiger partial charge is 0.226 e. The number of carbonyl (C=O) groups is 1. The van der Waals surface area contributed by atoms with Gasteiger partial charge in [-0.2, -0.15) is 0 Å². The van der Waals surface area contributed by atoms with Crippen LogP contribution < -0.4 is 4.74 Å². The van der Waals surface area contributed by atoms with Crippen molar-refractivity contribution in [3.05, 3.63) is 84.2 Å². The van der Waals surface area contributed by atoms with E-state index in [1.807, 2.05) is 42.5 Å². The number of oxime groups is 1. The van der Waals surface area contributed by atoms with E-state index in [0.717, 1.165) is 36.7 Å². The summed E-state index contributed by atoms with van der Waals surface area (Å²) < 4.78 is 11.5. The molecular weight excluding hydrogens is 392 g/mol. The zero-order chi connectivity index (χ0) is 21.3. The van der Waals surface area contributed by atoms with Gasteiger partial charge in [0.15, 0.2) is 0 Å². The Hall–Kier alpha value is -3.51. The fourth-order valence-electron chi connectivity index (χ4n) is 3.27. The molecule has 31 heavy (non-hydrogen) atoms. The summed E-state index contributed by atoms with van der Waals surface area (Å²) in [4.78, 5) is 21.1. The van der Waals surface area contributed by atoms with Crippen LogP contribution in [0.25, 0.3) is 11.1 Å². The number of hydrogen-bond acceptors (Lipinski definition) is 6. The van der Waals surface area contributed by atoms with Crippen LogP contribution in [0.2, 0.25) is 0 Å². The standard InChI is InChI=1S/C25H24N2O4/c28-17-19-13-14-26-23(16-19)24(27-31-25-8-4-5-15-29-25)18-30-22-11-9-21(10-12-22)20-6-2-1-3-7-20/h1-3,6-7,9-14,16-17,25H,4-5,8,15,18H2/b27-24+. The number of pyridine rings is 1. The van der Waals surface area contributed by atoms with E-state index in [4.69, 9.17) is 14.3 Å². The van der Waals surface area contributed by atoms with Gasteiger partial charge in [-0.3, -0.25) is 9.78 Å². The second kappa shape index (κ2) is 10.5. The number of rotatable bonds is 8. The van der Waals surface area contributed by atoms with Gasteiger partial charge in [-0.15, -0.1) is 0 Å². The van der Waals surface area contributed by atoms with Crippen molar-refractivity contribution in [2.75, 3.05) is 13.2 Å². The normalized spacial score (nSPS) is 16.5. The van der Waals surface area contributed by atoms with E-state index >= 15 is 0 Å². The summed E-state index contributed by atoms with van der Waals surface area (Å²) in [5, 5.41) is 4.26. The Morgan fingerprint density at radius 3 is 2.61 bits per heavy atom. The van der Waals surface area contributed by atoms with Crippen LogP contribution in [0.4, 0.5) is 0 Å². The molecule has 6 heteroatoms. The van der Waals surface area contributed by atoms with Gasteiger partial charge in [0.05, 0.1) is 12.3 Å². The zero-order valence-electron chi connectivity index (χ0n) is 17.1. The van der Waals surface area contributed by atoms with E-state index in [2.05, 4.69) is 22.3 Å². The lowest BCUT2D eigenvalue weighted by Crippen LogP contribution is -2.22. The van der Waals surface area contributed by atoms with Gasteiger partial charge < -0.3 is 14.3 Å². The van der Waals surface area contributed by atoms with E-state index in [1.165, 1.54) is 0 Å². The molecule has 4 rings (SSSR count). The molecule has 2 heterocycles. The lowest BCUT2D eigenvalue weighted by Gasteiger charge is -2.20. The maximum absolute atomic E-state index is 11.2. The fourth-order valence-corrected chi connectivity index (χ4v) is 3.27. The predicted molar refractivity (Wildman–Crippen MR) is 118 cm³/mol. The van der Waals surface area contributed by atoms with Crippen molar-refractivity contribution < 1.29 is 19.1 Å². The molecular formula is C25H24N2O4. The summed E-state index contributed by atoms with van der Waals surface area (Å²) in [5.74, 6) is 0.702. The Bertz CT molecular complexity index is 1010. The second-order valence-electron chi connectivity index (χ2n) is 7.21. The first-order chi connectivity index (χ1) is 15.3. The van der Waals surface area contributed by atoms with Crippen LogP contribution in [0, 0.1) is 0 Å². The number of aromatic nitrogens is 1. The van der Waals surface area contributed by atoms with E-state index in [0.29, 0.717) is 29.3 Å². The third-order valence-electron chi connectivity index (χ3n) is 4.97. The molecule has 3 aromatic rings. The Morgan fingerprint density at radius 1 is 1.06 bits per heavy atom. The van der Waals surface area contributed by atoms with Gasteiger partial charge in [-0.05, 0) is 48.2 Å². The molecule has 0 spiro atoms. The molecule has 1 aliphatic heterocycles. The Labute approximate surface area is 181 Å². The lowest BCUT2D eigenvalue weighted by molar-refractivity contribution is -0.162. The lowest BCUT2D eigenvalue weighted by atomic mass is 10.1. The summed E-state index contributed by atoms with van der Waals surface area (Å²) in [5.41, 5.74) is 3.79. The quantitative estimate of drug-likeness (QED) is 0.297. The molecule has 0 radical (unpaired) electrons. The van der Waals surface area contributed by atoms with E-state index in [9.17, 15) is 4.79 Å². The first-order valence-electron chi connectivity index (χ1n) is 10.4. The van der Waals surface area contributed by atoms with Crippen LogP contribution in [0.3, 0.4) is 0 Å². The largest absolute Gasteiger partial charge is 0.487 e. The van der Waals surface area contributed by atoms with Crippen LogP contribution in [0.1, 0.15) is 35.3 Å². The van der Waals surface area contributed by atoms with Crippen LogP contribution in [-0.4, -0.2) is 36.5 Å². The number of benzene rings is 2. The van der Waals surface area contributed by atoms with Gasteiger partial charge in [0.2, 0.25) is 6.29 Å². The number of hydrogen-bond donors (Lipinski definition) is 0. The Kier molecular flexibility index (Phi) is 7.03. The highest BCUT2D eigenvalue weighted by Gasteiger charge is 2.16. The minimum atomic E-state index is -0.372. The van der Waals surface area contributed by atoms with Crippen molar-refractivity contribution in [3.8, 4) is 16.9 Å². The van der Waals surface area contributed by atoms with Crippen molar-refractivity contribution in [1.82, 2.24) is 4.98 Å².